The first-order valence-corrected chi connectivity index (χ1v) is 8.13. The summed E-state index contributed by atoms with van der Waals surface area (Å²) in [6, 6.07) is 10.5. The van der Waals surface area contributed by atoms with Crippen molar-refractivity contribution in [2.75, 3.05) is 13.1 Å². The van der Waals surface area contributed by atoms with Gasteiger partial charge in [0.25, 0.3) is 0 Å². The molecule has 1 aliphatic rings. The molecule has 0 aromatic heterocycles. The Morgan fingerprint density at radius 1 is 1.15 bits per heavy atom. The van der Waals surface area contributed by atoms with Crippen LogP contribution in [0.3, 0.4) is 0 Å². The molecule has 1 aromatic carbocycles. The predicted molar refractivity (Wildman–Crippen MR) is 86.6 cm³/mol. The van der Waals surface area contributed by atoms with Crippen molar-refractivity contribution >= 4 is 0 Å². The minimum absolute atomic E-state index is 0.105. The lowest BCUT2D eigenvalue weighted by molar-refractivity contribution is 0.223. The quantitative estimate of drug-likeness (QED) is 0.792. The summed E-state index contributed by atoms with van der Waals surface area (Å²) in [4.78, 5) is 0. The molecule has 0 heterocycles. The van der Waals surface area contributed by atoms with E-state index in [1.807, 2.05) is 6.07 Å². The minimum atomic E-state index is 0.105. The van der Waals surface area contributed by atoms with Crippen molar-refractivity contribution < 1.29 is 0 Å². The van der Waals surface area contributed by atoms with Gasteiger partial charge in [0.15, 0.2) is 0 Å². The smallest absolute Gasteiger partial charge is 0.0421 e. The normalized spacial score (nSPS) is 19.4. The van der Waals surface area contributed by atoms with Gasteiger partial charge in [0.2, 0.25) is 0 Å². The zero-order valence-electron chi connectivity index (χ0n) is 13.1. The Bertz CT molecular complexity index is 380. The van der Waals surface area contributed by atoms with Crippen molar-refractivity contribution in [2.24, 2.45) is 17.1 Å². The first-order valence-electron chi connectivity index (χ1n) is 8.13. The highest BCUT2D eigenvalue weighted by Crippen LogP contribution is 2.42. The van der Waals surface area contributed by atoms with Crippen molar-refractivity contribution in [1.82, 2.24) is 5.32 Å². The molecule has 0 saturated heterocycles. The highest BCUT2D eigenvalue weighted by Gasteiger charge is 2.33. The van der Waals surface area contributed by atoms with Crippen LogP contribution in [0.5, 0.6) is 0 Å². The van der Waals surface area contributed by atoms with E-state index in [4.69, 9.17) is 5.73 Å². The van der Waals surface area contributed by atoms with Crippen LogP contribution in [0, 0.1) is 11.3 Å². The molecule has 112 valence electrons. The van der Waals surface area contributed by atoms with E-state index in [9.17, 15) is 0 Å². The predicted octanol–water partition coefficient (Wildman–Crippen LogP) is 3.88. The molecule has 20 heavy (non-hydrogen) atoms. The summed E-state index contributed by atoms with van der Waals surface area (Å²) < 4.78 is 0. The maximum atomic E-state index is 6.26. The topological polar surface area (TPSA) is 38.0 Å². The van der Waals surface area contributed by atoms with E-state index in [2.05, 4.69) is 43.4 Å². The van der Waals surface area contributed by atoms with Crippen LogP contribution >= 0.6 is 0 Å². The molecule has 2 rings (SSSR count). The molecule has 2 heteroatoms. The van der Waals surface area contributed by atoms with Gasteiger partial charge in [0.05, 0.1) is 0 Å². The summed E-state index contributed by atoms with van der Waals surface area (Å²) in [7, 11) is 0. The van der Waals surface area contributed by atoms with E-state index < -0.39 is 0 Å². The second-order valence-electron chi connectivity index (χ2n) is 6.95. The Hall–Kier alpha value is -0.860. The lowest BCUT2D eigenvalue weighted by Gasteiger charge is -2.32. The van der Waals surface area contributed by atoms with Gasteiger partial charge in [-0.3, -0.25) is 0 Å². The summed E-state index contributed by atoms with van der Waals surface area (Å²) in [5, 5.41) is 3.65. The zero-order valence-corrected chi connectivity index (χ0v) is 13.1. The molecule has 0 aliphatic heterocycles. The van der Waals surface area contributed by atoms with Crippen LogP contribution in [0.15, 0.2) is 30.3 Å². The average Bonchev–Trinajstić information content (AvgIpc) is 2.87. The third-order valence-electron chi connectivity index (χ3n) is 4.60. The summed E-state index contributed by atoms with van der Waals surface area (Å²) in [5.41, 5.74) is 8.02. The van der Waals surface area contributed by atoms with Gasteiger partial charge in [0.1, 0.15) is 0 Å². The Kier molecular flexibility index (Phi) is 5.62. The molecule has 1 saturated carbocycles. The van der Waals surface area contributed by atoms with Crippen molar-refractivity contribution in [1.29, 1.82) is 0 Å². The SMILES string of the molecule is CC(C)CC1(CNCC(N)c2ccccc2)CCCC1. The van der Waals surface area contributed by atoms with Crippen LogP contribution in [0.2, 0.25) is 0 Å². The molecule has 1 unspecified atom stereocenters. The lowest BCUT2D eigenvalue weighted by atomic mass is 9.78. The van der Waals surface area contributed by atoms with E-state index in [0.29, 0.717) is 5.41 Å². The number of hydrogen-bond acceptors (Lipinski definition) is 2. The van der Waals surface area contributed by atoms with Crippen LogP contribution in [-0.2, 0) is 0 Å². The molecule has 1 aromatic rings. The van der Waals surface area contributed by atoms with Gasteiger partial charge < -0.3 is 11.1 Å². The molecule has 0 amide bonds. The highest BCUT2D eigenvalue weighted by molar-refractivity contribution is 5.18. The van der Waals surface area contributed by atoms with Crippen molar-refractivity contribution in [2.45, 2.75) is 52.0 Å². The zero-order chi connectivity index (χ0) is 14.4. The second kappa shape index (κ2) is 7.24. The first kappa shape index (κ1) is 15.5. The highest BCUT2D eigenvalue weighted by atomic mass is 14.9. The summed E-state index contributed by atoms with van der Waals surface area (Å²) in [6.07, 6.45) is 6.93. The first-order chi connectivity index (χ1) is 9.61. The van der Waals surface area contributed by atoms with Crippen LogP contribution in [0.4, 0.5) is 0 Å². The van der Waals surface area contributed by atoms with Gasteiger partial charge in [-0.05, 0) is 36.2 Å². The molecule has 3 N–H and O–H groups in total. The Morgan fingerprint density at radius 3 is 2.40 bits per heavy atom. The maximum Gasteiger partial charge on any atom is 0.0421 e. The molecule has 1 aliphatic carbocycles. The fraction of sp³-hybridized carbons (Fsp3) is 0.667. The van der Waals surface area contributed by atoms with Gasteiger partial charge >= 0.3 is 0 Å². The summed E-state index contributed by atoms with van der Waals surface area (Å²) in [6.45, 7) is 6.70. The fourth-order valence-corrected chi connectivity index (χ4v) is 3.76. The lowest BCUT2D eigenvalue weighted by Crippen LogP contribution is -2.37. The van der Waals surface area contributed by atoms with E-state index in [0.717, 1.165) is 19.0 Å². The third-order valence-corrected chi connectivity index (χ3v) is 4.60. The Morgan fingerprint density at radius 2 is 1.80 bits per heavy atom. The van der Waals surface area contributed by atoms with E-state index >= 15 is 0 Å². The molecule has 2 nitrogen and oxygen atoms in total. The fourth-order valence-electron chi connectivity index (χ4n) is 3.76. The molecule has 0 spiro atoms. The van der Waals surface area contributed by atoms with Crippen LogP contribution in [0.25, 0.3) is 0 Å². The number of nitrogens with one attached hydrogen (secondary N) is 1. The van der Waals surface area contributed by atoms with Crippen LogP contribution in [-0.4, -0.2) is 13.1 Å². The molecular formula is C18H30N2. The van der Waals surface area contributed by atoms with Gasteiger partial charge in [0, 0.05) is 19.1 Å². The van der Waals surface area contributed by atoms with E-state index in [1.165, 1.54) is 37.7 Å². The van der Waals surface area contributed by atoms with Crippen molar-refractivity contribution in [3.05, 3.63) is 35.9 Å². The average molecular weight is 274 g/mol. The van der Waals surface area contributed by atoms with Gasteiger partial charge in [-0.25, -0.2) is 0 Å². The second-order valence-corrected chi connectivity index (χ2v) is 6.95. The standard InChI is InChI=1S/C18H30N2/c1-15(2)12-18(10-6-7-11-18)14-20-13-17(19)16-8-4-3-5-9-16/h3-5,8-9,15,17,20H,6-7,10-14,19H2,1-2H3. The van der Waals surface area contributed by atoms with E-state index in [1.54, 1.807) is 0 Å². The van der Waals surface area contributed by atoms with Gasteiger partial charge in [-0.2, -0.15) is 0 Å². The minimum Gasteiger partial charge on any atom is -0.323 e. The number of benzene rings is 1. The maximum absolute atomic E-state index is 6.26. The van der Waals surface area contributed by atoms with E-state index in [-0.39, 0.29) is 6.04 Å². The van der Waals surface area contributed by atoms with Crippen molar-refractivity contribution in [3.8, 4) is 0 Å². The largest absolute Gasteiger partial charge is 0.323 e. The molecule has 1 atom stereocenters. The third kappa shape index (κ3) is 4.32. The van der Waals surface area contributed by atoms with Gasteiger partial charge in [-0.15, -0.1) is 0 Å². The summed E-state index contributed by atoms with van der Waals surface area (Å²) in [5.74, 6) is 0.790. The number of nitrogens with two attached hydrogens (primary N) is 1. The molecule has 1 fully saturated rings. The number of hydrogen-bond donors (Lipinski definition) is 2. The van der Waals surface area contributed by atoms with Crippen LogP contribution < -0.4 is 11.1 Å². The molecule has 0 radical (unpaired) electrons. The van der Waals surface area contributed by atoms with Gasteiger partial charge in [-0.1, -0.05) is 57.0 Å². The number of rotatable bonds is 7. The Labute approximate surface area is 124 Å². The monoisotopic (exact) mass is 274 g/mol. The Balaban J connectivity index is 1.81. The summed E-state index contributed by atoms with van der Waals surface area (Å²) >= 11 is 0. The molecular weight excluding hydrogens is 244 g/mol. The van der Waals surface area contributed by atoms with Crippen LogP contribution in [0.1, 0.15) is 57.6 Å². The molecule has 0 bridgehead atoms. The van der Waals surface area contributed by atoms with Crippen molar-refractivity contribution in [3.63, 3.8) is 0 Å².